The number of aryl methyl sites for hydroxylation is 1. The van der Waals surface area contributed by atoms with Gasteiger partial charge in [-0.25, -0.2) is 0 Å². The van der Waals surface area contributed by atoms with Gasteiger partial charge in [-0.2, -0.15) is 5.10 Å². The van der Waals surface area contributed by atoms with Crippen molar-refractivity contribution >= 4 is 5.91 Å². The van der Waals surface area contributed by atoms with Crippen molar-refractivity contribution in [2.45, 2.75) is 57.3 Å². The van der Waals surface area contributed by atoms with E-state index in [4.69, 9.17) is 9.47 Å². The lowest BCUT2D eigenvalue weighted by molar-refractivity contribution is -0.186. The Morgan fingerprint density at radius 3 is 3.00 bits per heavy atom. The molecule has 1 aliphatic heterocycles. The van der Waals surface area contributed by atoms with Crippen molar-refractivity contribution in [1.29, 1.82) is 0 Å². The maximum atomic E-state index is 11.9. The van der Waals surface area contributed by atoms with Crippen LogP contribution >= 0.6 is 0 Å². The molecule has 1 saturated heterocycles. The summed E-state index contributed by atoms with van der Waals surface area (Å²) in [6.07, 6.45) is 5.80. The number of nitrogens with one attached hydrogen (secondary N) is 2. The molecule has 1 spiro atoms. The van der Waals surface area contributed by atoms with Crippen LogP contribution in [0.2, 0.25) is 0 Å². The molecule has 2 fully saturated rings. The van der Waals surface area contributed by atoms with Gasteiger partial charge in [-0.15, -0.1) is 0 Å². The quantitative estimate of drug-likeness (QED) is 0.881. The molecule has 1 aromatic rings. The highest BCUT2D eigenvalue weighted by Crippen LogP contribution is 2.37. The normalized spacial score (nSPS) is 24.3. The van der Waals surface area contributed by atoms with Crippen LogP contribution in [0.1, 0.15) is 43.5 Å². The summed E-state index contributed by atoms with van der Waals surface area (Å²) < 4.78 is 11.9. The number of aromatic amines is 1. The maximum absolute atomic E-state index is 11.9. The van der Waals surface area contributed by atoms with E-state index in [1.54, 1.807) is 0 Å². The van der Waals surface area contributed by atoms with Crippen LogP contribution in [0.3, 0.4) is 0 Å². The van der Waals surface area contributed by atoms with Crippen molar-refractivity contribution in [3.63, 3.8) is 0 Å². The molecule has 21 heavy (non-hydrogen) atoms. The average Bonchev–Trinajstić information content (AvgIpc) is 3.05. The van der Waals surface area contributed by atoms with E-state index in [1.165, 1.54) is 6.42 Å². The average molecular weight is 293 g/mol. The van der Waals surface area contributed by atoms with Crippen molar-refractivity contribution in [2.24, 2.45) is 0 Å². The molecule has 6 nitrogen and oxygen atoms in total. The number of hydrogen-bond acceptors (Lipinski definition) is 4. The summed E-state index contributed by atoms with van der Waals surface area (Å²) in [6.45, 7) is 2.99. The first-order valence-electron chi connectivity index (χ1n) is 7.75. The molecular formula is C15H23N3O3. The molecular weight excluding hydrogens is 270 g/mol. The highest BCUT2D eigenvalue weighted by Gasteiger charge is 2.42. The van der Waals surface area contributed by atoms with Crippen LogP contribution < -0.4 is 5.32 Å². The van der Waals surface area contributed by atoms with Crippen LogP contribution in [-0.2, 0) is 20.7 Å². The monoisotopic (exact) mass is 293 g/mol. The zero-order valence-electron chi connectivity index (χ0n) is 12.5. The van der Waals surface area contributed by atoms with Crippen LogP contribution in [0.5, 0.6) is 0 Å². The minimum absolute atomic E-state index is 0.0327. The van der Waals surface area contributed by atoms with Crippen molar-refractivity contribution in [1.82, 2.24) is 15.5 Å². The number of amides is 1. The first-order valence-corrected chi connectivity index (χ1v) is 7.75. The Labute approximate surface area is 124 Å². The number of rotatable bonds is 4. The molecule has 1 atom stereocenters. The van der Waals surface area contributed by atoms with Crippen molar-refractivity contribution in [3.05, 3.63) is 17.5 Å². The van der Waals surface area contributed by atoms with Gasteiger partial charge in [0, 0.05) is 25.1 Å². The molecule has 0 radical (unpaired) electrons. The molecule has 1 aromatic heterocycles. The Kier molecular flexibility index (Phi) is 4.26. The van der Waals surface area contributed by atoms with E-state index in [0.29, 0.717) is 19.6 Å². The van der Waals surface area contributed by atoms with Gasteiger partial charge < -0.3 is 14.8 Å². The van der Waals surface area contributed by atoms with Crippen LogP contribution in [-0.4, -0.2) is 41.1 Å². The number of carbonyl (C=O) groups is 1. The highest BCUT2D eigenvalue weighted by atomic mass is 16.7. The van der Waals surface area contributed by atoms with Gasteiger partial charge in [-0.05, 0) is 25.8 Å². The Balaban J connectivity index is 1.42. The predicted octanol–water partition coefficient (Wildman–Crippen LogP) is 1.45. The Morgan fingerprint density at radius 2 is 2.29 bits per heavy atom. The first-order chi connectivity index (χ1) is 10.2. The largest absolute Gasteiger partial charge is 0.353 e. The fraction of sp³-hybridized carbons (Fsp3) is 0.733. The first kappa shape index (κ1) is 14.5. The molecule has 6 heteroatoms. The molecule has 2 aliphatic rings. The van der Waals surface area contributed by atoms with Crippen LogP contribution in [0.25, 0.3) is 0 Å². The number of hydrogen-bond donors (Lipinski definition) is 2. The lowest BCUT2D eigenvalue weighted by Gasteiger charge is -2.31. The fourth-order valence-electron chi connectivity index (χ4n) is 3.09. The SMILES string of the molecule is Cc1cc(CC(=O)NCC2COC3(CCCCC3)O2)n[nH]1. The molecule has 0 aromatic carbocycles. The topological polar surface area (TPSA) is 76.2 Å². The second-order valence-corrected chi connectivity index (χ2v) is 6.05. The summed E-state index contributed by atoms with van der Waals surface area (Å²) in [5.41, 5.74) is 1.72. The van der Waals surface area contributed by atoms with E-state index in [0.717, 1.165) is 37.1 Å². The zero-order chi connectivity index (χ0) is 14.7. The smallest absolute Gasteiger partial charge is 0.226 e. The molecule has 116 valence electrons. The molecule has 1 amide bonds. The third-order valence-corrected chi connectivity index (χ3v) is 4.16. The Hall–Kier alpha value is -1.40. The fourth-order valence-corrected chi connectivity index (χ4v) is 3.09. The third-order valence-electron chi connectivity index (χ3n) is 4.16. The second-order valence-electron chi connectivity index (χ2n) is 6.05. The lowest BCUT2D eigenvalue weighted by Crippen LogP contribution is -2.37. The number of aromatic nitrogens is 2. The Morgan fingerprint density at radius 1 is 1.48 bits per heavy atom. The van der Waals surface area contributed by atoms with Crippen LogP contribution in [0, 0.1) is 6.92 Å². The number of carbonyl (C=O) groups excluding carboxylic acids is 1. The van der Waals surface area contributed by atoms with Crippen LogP contribution in [0.4, 0.5) is 0 Å². The van der Waals surface area contributed by atoms with Gasteiger partial charge in [0.2, 0.25) is 5.91 Å². The number of ether oxygens (including phenoxy) is 2. The minimum atomic E-state index is -0.368. The molecule has 1 saturated carbocycles. The third kappa shape index (κ3) is 3.63. The van der Waals surface area contributed by atoms with Gasteiger partial charge in [-0.1, -0.05) is 6.42 Å². The van der Waals surface area contributed by atoms with E-state index in [2.05, 4.69) is 15.5 Å². The summed E-state index contributed by atoms with van der Waals surface area (Å²) in [4.78, 5) is 11.9. The summed E-state index contributed by atoms with van der Waals surface area (Å²) in [5, 5.41) is 9.80. The van der Waals surface area contributed by atoms with Crippen molar-refractivity contribution < 1.29 is 14.3 Å². The van der Waals surface area contributed by atoms with E-state index in [-0.39, 0.29) is 17.8 Å². The molecule has 2 N–H and O–H groups in total. The summed E-state index contributed by atoms with van der Waals surface area (Å²) in [6, 6.07) is 1.88. The molecule has 1 unspecified atom stereocenters. The second kappa shape index (κ2) is 6.15. The summed E-state index contributed by atoms with van der Waals surface area (Å²) in [5.74, 6) is -0.401. The van der Waals surface area contributed by atoms with Crippen LogP contribution in [0.15, 0.2) is 6.07 Å². The summed E-state index contributed by atoms with van der Waals surface area (Å²) >= 11 is 0. The van der Waals surface area contributed by atoms with Gasteiger partial charge in [0.05, 0.1) is 18.7 Å². The minimum Gasteiger partial charge on any atom is -0.353 e. The molecule has 3 rings (SSSR count). The van der Waals surface area contributed by atoms with E-state index in [9.17, 15) is 4.79 Å². The number of nitrogens with zero attached hydrogens (tertiary/aromatic N) is 1. The standard InChI is InChI=1S/C15H23N3O3/c1-11-7-12(18-17-11)8-14(19)16-9-13-10-20-15(21-13)5-3-2-4-6-15/h7,13H,2-6,8-10H2,1H3,(H,16,19)(H,17,18). The van der Waals surface area contributed by atoms with Crippen molar-refractivity contribution in [2.75, 3.05) is 13.2 Å². The van der Waals surface area contributed by atoms with Gasteiger partial charge in [-0.3, -0.25) is 9.89 Å². The van der Waals surface area contributed by atoms with Gasteiger partial charge in [0.1, 0.15) is 6.10 Å². The van der Waals surface area contributed by atoms with Crippen molar-refractivity contribution in [3.8, 4) is 0 Å². The maximum Gasteiger partial charge on any atom is 0.226 e. The van der Waals surface area contributed by atoms with Gasteiger partial charge in [0.15, 0.2) is 5.79 Å². The van der Waals surface area contributed by atoms with E-state index in [1.807, 2.05) is 13.0 Å². The van der Waals surface area contributed by atoms with E-state index >= 15 is 0 Å². The predicted molar refractivity (Wildman–Crippen MR) is 76.7 cm³/mol. The van der Waals surface area contributed by atoms with Gasteiger partial charge in [0.25, 0.3) is 0 Å². The highest BCUT2D eigenvalue weighted by molar-refractivity contribution is 5.78. The van der Waals surface area contributed by atoms with Gasteiger partial charge >= 0.3 is 0 Å². The zero-order valence-corrected chi connectivity index (χ0v) is 12.5. The number of H-pyrrole nitrogens is 1. The summed E-state index contributed by atoms with van der Waals surface area (Å²) in [7, 11) is 0. The molecule has 0 bridgehead atoms. The van der Waals surface area contributed by atoms with E-state index < -0.39 is 0 Å². The molecule has 2 heterocycles. The lowest BCUT2D eigenvalue weighted by atomic mass is 9.94. The molecule has 1 aliphatic carbocycles. The Bertz CT molecular complexity index is 494.